The first-order valence-electron chi connectivity index (χ1n) is 1.75. The molecular formula is C4H6BrO. The Morgan fingerprint density at radius 3 is 2.33 bits per heavy atom. The number of rotatable bonds is 2. The maximum atomic E-state index is 9.92. The predicted octanol–water partition coefficient (Wildman–Crippen LogP) is 1.52. The number of carbonyl (C=O) groups excluding carboxylic acids is 1. The van der Waals surface area contributed by atoms with E-state index in [0.29, 0.717) is 12.8 Å². The third-order valence-corrected chi connectivity index (χ3v) is 0.770. The molecule has 0 aromatic rings. The van der Waals surface area contributed by atoms with Crippen LogP contribution in [0.25, 0.3) is 0 Å². The number of carbonyl (C=O) groups is 1. The van der Waals surface area contributed by atoms with Gasteiger partial charge < -0.3 is 0 Å². The van der Waals surface area contributed by atoms with Gasteiger partial charge in [0.1, 0.15) is 0 Å². The molecule has 0 spiro atoms. The van der Waals surface area contributed by atoms with Gasteiger partial charge in [-0.3, -0.25) is 4.79 Å². The molecule has 0 aromatic heterocycles. The highest BCUT2D eigenvalue weighted by molar-refractivity contribution is 9.18. The second-order valence-electron chi connectivity index (χ2n) is 0.959. The SMILES string of the molecule is [CH2]CCC(=O)Br. The molecule has 35 valence electrons. The lowest BCUT2D eigenvalue weighted by Crippen LogP contribution is -1.79. The minimum absolute atomic E-state index is 0.0394. The molecule has 0 heterocycles. The molecule has 0 aliphatic heterocycles. The fourth-order valence-electron chi connectivity index (χ4n) is 0.139. The van der Waals surface area contributed by atoms with Crippen LogP contribution >= 0.6 is 15.9 Å². The zero-order valence-electron chi connectivity index (χ0n) is 3.41. The molecule has 6 heavy (non-hydrogen) atoms. The summed E-state index contributed by atoms with van der Waals surface area (Å²) in [5.74, 6) is 0. The highest BCUT2D eigenvalue weighted by atomic mass is 79.9. The Morgan fingerprint density at radius 2 is 2.33 bits per heavy atom. The number of hydrogen-bond acceptors (Lipinski definition) is 1. The van der Waals surface area contributed by atoms with Crippen molar-refractivity contribution in [3.63, 3.8) is 0 Å². The van der Waals surface area contributed by atoms with E-state index < -0.39 is 0 Å². The van der Waals surface area contributed by atoms with Gasteiger partial charge in [0.15, 0.2) is 4.69 Å². The first-order valence-corrected chi connectivity index (χ1v) is 2.54. The van der Waals surface area contributed by atoms with Gasteiger partial charge in [0.05, 0.1) is 0 Å². The van der Waals surface area contributed by atoms with E-state index in [0.717, 1.165) is 0 Å². The molecule has 0 rings (SSSR count). The highest BCUT2D eigenvalue weighted by Crippen LogP contribution is 1.93. The maximum Gasteiger partial charge on any atom is 0.197 e. The zero-order valence-corrected chi connectivity index (χ0v) is 4.99. The van der Waals surface area contributed by atoms with Crippen LogP contribution in [0.4, 0.5) is 0 Å². The minimum Gasteiger partial charge on any atom is -0.287 e. The molecule has 1 nitrogen and oxygen atoms in total. The van der Waals surface area contributed by atoms with E-state index in [4.69, 9.17) is 0 Å². The van der Waals surface area contributed by atoms with Crippen LogP contribution < -0.4 is 0 Å². The van der Waals surface area contributed by atoms with Crippen LogP contribution in [0.15, 0.2) is 0 Å². The van der Waals surface area contributed by atoms with Crippen molar-refractivity contribution >= 4 is 20.6 Å². The first-order chi connectivity index (χ1) is 2.77. The fraction of sp³-hybridized carbons (Fsp3) is 0.500. The lowest BCUT2D eigenvalue weighted by atomic mass is 10.4. The Kier molecular flexibility index (Phi) is 3.43. The van der Waals surface area contributed by atoms with Crippen molar-refractivity contribution in [3.8, 4) is 0 Å². The number of halogens is 1. The van der Waals surface area contributed by atoms with Gasteiger partial charge in [0, 0.05) is 6.42 Å². The van der Waals surface area contributed by atoms with E-state index in [9.17, 15) is 4.79 Å². The third-order valence-electron chi connectivity index (χ3n) is 0.373. The Morgan fingerprint density at radius 1 is 1.83 bits per heavy atom. The summed E-state index contributed by atoms with van der Waals surface area (Å²) in [5.41, 5.74) is 0. The molecule has 0 atom stereocenters. The molecule has 0 bridgehead atoms. The van der Waals surface area contributed by atoms with Crippen molar-refractivity contribution < 1.29 is 4.79 Å². The summed E-state index contributed by atoms with van der Waals surface area (Å²) >= 11 is 2.76. The Bertz CT molecular complexity index is 51.5. The van der Waals surface area contributed by atoms with Crippen LogP contribution in [0.2, 0.25) is 0 Å². The lowest BCUT2D eigenvalue weighted by molar-refractivity contribution is -0.110. The lowest BCUT2D eigenvalue weighted by Gasteiger charge is -1.78. The summed E-state index contributed by atoms with van der Waals surface area (Å²) in [6.07, 6.45) is 1.23. The van der Waals surface area contributed by atoms with E-state index in [2.05, 4.69) is 22.9 Å². The molecule has 0 saturated carbocycles. The molecular weight excluding hydrogens is 144 g/mol. The average Bonchev–Trinajstić information content (AvgIpc) is 1.35. The van der Waals surface area contributed by atoms with Gasteiger partial charge in [-0.25, -0.2) is 0 Å². The van der Waals surface area contributed by atoms with Crippen LogP contribution in [0.5, 0.6) is 0 Å². The summed E-state index contributed by atoms with van der Waals surface area (Å²) in [5, 5.41) is 0. The monoisotopic (exact) mass is 149 g/mol. The van der Waals surface area contributed by atoms with E-state index in [1.165, 1.54) is 0 Å². The van der Waals surface area contributed by atoms with Crippen molar-refractivity contribution in [2.24, 2.45) is 0 Å². The van der Waals surface area contributed by atoms with Crippen molar-refractivity contribution in [2.75, 3.05) is 0 Å². The van der Waals surface area contributed by atoms with Gasteiger partial charge in [0.25, 0.3) is 0 Å². The van der Waals surface area contributed by atoms with Gasteiger partial charge in [-0.1, -0.05) is 6.92 Å². The van der Waals surface area contributed by atoms with E-state index in [1.54, 1.807) is 0 Å². The topological polar surface area (TPSA) is 17.1 Å². The van der Waals surface area contributed by atoms with Crippen molar-refractivity contribution in [1.29, 1.82) is 0 Å². The number of hydrogen-bond donors (Lipinski definition) is 0. The molecule has 0 fully saturated rings. The van der Waals surface area contributed by atoms with E-state index in [1.807, 2.05) is 0 Å². The minimum atomic E-state index is 0.0394. The molecule has 0 N–H and O–H groups in total. The van der Waals surface area contributed by atoms with Gasteiger partial charge in [-0.05, 0) is 22.4 Å². The Balaban J connectivity index is 2.83. The van der Waals surface area contributed by atoms with Gasteiger partial charge in [-0.2, -0.15) is 0 Å². The molecule has 0 aliphatic rings. The third kappa shape index (κ3) is 4.15. The molecule has 0 amide bonds. The highest BCUT2D eigenvalue weighted by Gasteiger charge is 1.86. The summed E-state index contributed by atoms with van der Waals surface area (Å²) in [6.45, 7) is 3.48. The summed E-state index contributed by atoms with van der Waals surface area (Å²) in [4.78, 5) is 9.92. The molecule has 0 aliphatic carbocycles. The average molecular weight is 150 g/mol. The van der Waals surface area contributed by atoms with Crippen LogP contribution in [0.3, 0.4) is 0 Å². The molecule has 0 aromatic carbocycles. The van der Waals surface area contributed by atoms with Crippen LogP contribution in [-0.2, 0) is 4.79 Å². The van der Waals surface area contributed by atoms with Crippen molar-refractivity contribution in [3.05, 3.63) is 6.92 Å². The molecule has 1 radical (unpaired) electrons. The normalized spacial score (nSPS) is 8.33. The first kappa shape index (κ1) is 6.15. The Hall–Kier alpha value is 0.150. The largest absolute Gasteiger partial charge is 0.287 e. The quantitative estimate of drug-likeness (QED) is 0.545. The van der Waals surface area contributed by atoms with E-state index >= 15 is 0 Å². The van der Waals surface area contributed by atoms with Crippen molar-refractivity contribution in [1.82, 2.24) is 0 Å². The second-order valence-corrected chi connectivity index (χ2v) is 1.84. The second kappa shape index (κ2) is 3.34. The van der Waals surface area contributed by atoms with Crippen LogP contribution in [0.1, 0.15) is 12.8 Å². The maximum absolute atomic E-state index is 9.92. The smallest absolute Gasteiger partial charge is 0.197 e. The summed E-state index contributed by atoms with van der Waals surface area (Å²) in [6, 6.07) is 0. The summed E-state index contributed by atoms with van der Waals surface area (Å²) in [7, 11) is 0. The molecule has 0 unspecified atom stereocenters. The van der Waals surface area contributed by atoms with Crippen LogP contribution in [-0.4, -0.2) is 4.69 Å². The van der Waals surface area contributed by atoms with Crippen LogP contribution in [0, 0.1) is 6.92 Å². The van der Waals surface area contributed by atoms with Gasteiger partial charge >= 0.3 is 0 Å². The fourth-order valence-corrected chi connectivity index (χ4v) is 0.419. The van der Waals surface area contributed by atoms with Crippen molar-refractivity contribution in [2.45, 2.75) is 12.8 Å². The van der Waals surface area contributed by atoms with E-state index in [-0.39, 0.29) is 4.69 Å². The predicted molar refractivity (Wildman–Crippen MR) is 28.5 cm³/mol. The van der Waals surface area contributed by atoms with Gasteiger partial charge in [-0.15, -0.1) is 0 Å². The summed E-state index contributed by atoms with van der Waals surface area (Å²) < 4.78 is 0.0394. The molecule has 0 saturated heterocycles. The Labute approximate surface area is 45.9 Å². The molecule has 2 heteroatoms. The zero-order chi connectivity index (χ0) is 4.99. The standard InChI is InChI=1S/C4H6BrO/c1-2-3-4(5)6/h1-3H2. The van der Waals surface area contributed by atoms with Gasteiger partial charge in [0.2, 0.25) is 0 Å².